The van der Waals surface area contributed by atoms with E-state index in [4.69, 9.17) is 0 Å². The summed E-state index contributed by atoms with van der Waals surface area (Å²) in [6.07, 6.45) is 11.1. The number of carbonyl (C=O) groups is 1. The van der Waals surface area contributed by atoms with E-state index in [1.807, 2.05) is 13.0 Å². The Hall–Kier alpha value is -1.17. The van der Waals surface area contributed by atoms with Gasteiger partial charge in [-0.3, -0.25) is 4.79 Å². The zero-order chi connectivity index (χ0) is 26.4. The van der Waals surface area contributed by atoms with Gasteiger partial charge in [0.05, 0.1) is 12.2 Å². The Morgan fingerprint density at radius 1 is 1.06 bits per heavy atom. The molecule has 4 N–H and O–H groups in total. The zero-order valence-corrected chi connectivity index (χ0v) is 22.9. The van der Waals surface area contributed by atoms with E-state index in [9.17, 15) is 25.2 Å². The van der Waals surface area contributed by atoms with Crippen LogP contribution in [0.3, 0.4) is 0 Å². The molecule has 200 valence electrons. The molecule has 35 heavy (non-hydrogen) atoms. The molecular formula is C30H50O5. The van der Waals surface area contributed by atoms with E-state index in [-0.39, 0.29) is 35.2 Å². The van der Waals surface area contributed by atoms with Gasteiger partial charge in [0, 0.05) is 6.42 Å². The second-order valence-corrected chi connectivity index (χ2v) is 13.5. The average molecular weight is 491 g/mol. The number of fused-ring (bicyclic) bond motifs is 3. The fourth-order valence-corrected chi connectivity index (χ4v) is 9.15. The summed E-state index contributed by atoms with van der Waals surface area (Å²) >= 11 is 0. The minimum atomic E-state index is -1.27. The van der Waals surface area contributed by atoms with Crippen LogP contribution >= 0.6 is 0 Å². The summed E-state index contributed by atoms with van der Waals surface area (Å²) < 4.78 is 0. The molecule has 0 aromatic heterocycles. The Morgan fingerprint density at radius 3 is 2.26 bits per heavy atom. The van der Waals surface area contributed by atoms with Gasteiger partial charge >= 0.3 is 5.97 Å². The van der Waals surface area contributed by atoms with E-state index < -0.39 is 17.2 Å². The van der Waals surface area contributed by atoms with Crippen molar-refractivity contribution in [2.24, 2.45) is 39.9 Å². The summed E-state index contributed by atoms with van der Waals surface area (Å²) in [6.45, 7) is 16.8. The molecule has 2 unspecified atom stereocenters. The van der Waals surface area contributed by atoms with E-state index in [0.717, 1.165) is 38.5 Å². The van der Waals surface area contributed by atoms with Crippen molar-refractivity contribution in [3.63, 3.8) is 0 Å². The molecule has 9 atom stereocenters. The Morgan fingerprint density at radius 2 is 1.69 bits per heavy atom. The first-order valence-corrected chi connectivity index (χ1v) is 13.6. The monoisotopic (exact) mass is 490 g/mol. The number of hydrogen-bond donors (Lipinski definition) is 4. The third-order valence-corrected chi connectivity index (χ3v) is 11.3. The van der Waals surface area contributed by atoms with Gasteiger partial charge in [-0.1, -0.05) is 45.1 Å². The number of hydrogen-bond acceptors (Lipinski definition) is 4. The van der Waals surface area contributed by atoms with Gasteiger partial charge in [0.25, 0.3) is 0 Å². The number of allylic oxidation sites excluding steroid dienone is 1. The summed E-state index contributed by atoms with van der Waals surface area (Å²) in [5, 5.41) is 40.6. The predicted octanol–water partition coefficient (Wildman–Crippen LogP) is 5.73. The highest BCUT2D eigenvalue weighted by Crippen LogP contribution is 2.74. The van der Waals surface area contributed by atoms with Gasteiger partial charge in [-0.2, -0.15) is 0 Å². The van der Waals surface area contributed by atoms with E-state index >= 15 is 0 Å². The quantitative estimate of drug-likeness (QED) is 0.309. The van der Waals surface area contributed by atoms with Gasteiger partial charge in [-0.25, -0.2) is 0 Å². The summed E-state index contributed by atoms with van der Waals surface area (Å²) in [5.74, 6) is 0.664. The second kappa shape index (κ2) is 9.61. The maximum absolute atomic E-state index is 11.6. The lowest BCUT2D eigenvalue weighted by molar-refractivity contribution is -0.178. The van der Waals surface area contributed by atoms with Crippen LogP contribution in [0.2, 0.25) is 0 Å². The van der Waals surface area contributed by atoms with Crippen LogP contribution in [0.25, 0.3) is 0 Å². The lowest BCUT2D eigenvalue weighted by atomic mass is 9.38. The van der Waals surface area contributed by atoms with Crippen LogP contribution < -0.4 is 0 Å². The van der Waals surface area contributed by atoms with Crippen LogP contribution in [0.1, 0.15) is 99.3 Å². The highest BCUT2D eigenvalue weighted by Gasteiger charge is 2.67. The Labute approximate surface area is 212 Å². The van der Waals surface area contributed by atoms with Crippen LogP contribution in [0.4, 0.5) is 0 Å². The van der Waals surface area contributed by atoms with Crippen molar-refractivity contribution < 1.29 is 25.2 Å². The maximum atomic E-state index is 11.6. The number of rotatable bonds is 9. The highest BCUT2D eigenvalue weighted by atomic mass is 16.4. The molecule has 3 saturated carbocycles. The van der Waals surface area contributed by atoms with Crippen LogP contribution in [0.5, 0.6) is 0 Å². The molecule has 0 aliphatic heterocycles. The molecule has 3 fully saturated rings. The molecule has 3 rings (SSSR count). The zero-order valence-electron chi connectivity index (χ0n) is 22.9. The normalized spacial score (nSPS) is 42.7. The first kappa shape index (κ1) is 28.4. The standard InChI is InChI=1S/C30H50O5/c1-20(2)21-11-18-29(6)24(27(21,4)16-13-25(32)33)10-9-22-23(12-17-28(22,29)5)30(7,35)15-8-14-26(3,34)19-31/h8,14,21-24,31,34-35H,1,9-13,15-19H2,2-7H3,(H,32,33)/t21?,22-,23-,24+,26?,27-,28-,29+,30-/m0/s1. The van der Waals surface area contributed by atoms with Crippen molar-refractivity contribution in [3.05, 3.63) is 24.3 Å². The molecule has 0 heterocycles. The molecule has 0 aromatic rings. The van der Waals surface area contributed by atoms with Crippen LogP contribution in [0, 0.1) is 39.9 Å². The van der Waals surface area contributed by atoms with Crippen molar-refractivity contribution in [2.45, 2.75) is 111 Å². The molecule has 5 nitrogen and oxygen atoms in total. The second-order valence-electron chi connectivity index (χ2n) is 13.5. The summed E-state index contributed by atoms with van der Waals surface area (Å²) in [4.78, 5) is 11.6. The third kappa shape index (κ3) is 4.90. The number of carboxylic acid groups (broad SMARTS) is 1. The topological polar surface area (TPSA) is 98.0 Å². The maximum Gasteiger partial charge on any atom is 0.303 e. The fraction of sp³-hybridized carbons (Fsp3) is 0.833. The van der Waals surface area contributed by atoms with Gasteiger partial charge in [-0.05, 0) is 112 Å². The molecule has 0 saturated heterocycles. The van der Waals surface area contributed by atoms with E-state index in [2.05, 4.69) is 34.3 Å². The molecule has 5 heteroatoms. The van der Waals surface area contributed by atoms with E-state index in [1.54, 1.807) is 13.0 Å². The SMILES string of the molecule is C=C(C)C1CC[C@]2(C)[C@H](CC[C@H]3[C@@H]([C@@](C)(O)CC=CC(C)(O)CO)CC[C@@]32C)[C@@]1(C)CCC(=O)O. The molecule has 0 spiro atoms. The summed E-state index contributed by atoms with van der Waals surface area (Å²) in [5.41, 5.74) is -0.857. The molecule has 0 radical (unpaired) electrons. The number of aliphatic hydroxyl groups excluding tert-OH is 1. The van der Waals surface area contributed by atoms with Gasteiger partial charge in [0.15, 0.2) is 0 Å². The molecule has 0 aromatic carbocycles. The van der Waals surface area contributed by atoms with Crippen LogP contribution in [0.15, 0.2) is 24.3 Å². The molecule has 3 aliphatic rings. The van der Waals surface area contributed by atoms with Crippen molar-refractivity contribution in [3.8, 4) is 0 Å². The lowest BCUT2D eigenvalue weighted by Gasteiger charge is -2.66. The summed E-state index contributed by atoms with van der Waals surface area (Å²) in [6, 6.07) is 0. The average Bonchev–Trinajstić information content (AvgIpc) is 3.11. The largest absolute Gasteiger partial charge is 0.481 e. The van der Waals surface area contributed by atoms with Gasteiger partial charge in [0.2, 0.25) is 0 Å². The first-order valence-electron chi connectivity index (χ1n) is 13.6. The molecule has 0 amide bonds. The van der Waals surface area contributed by atoms with Gasteiger partial charge in [0.1, 0.15) is 5.60 Å². The Bertz CT molecular complexity index is 844. The Kier molecular flexibility index (Phi) is 7.80. The van der Waals surface area contributed by atoms with Crippen LogP contribution in [-0.2, 0) is 4.79 Å². The molecule has 0 bridgehead atoms. The van der Waals surface area contributed by atoms with E-state index in [1.165, 1.54) is 5.57 Å². The van der Waals surface area contributed by atoms with Crippen molar-refractivity contribution >= 4 is 5.97 Å². The highest BCUT2D eigenvalue weighted by molar-refractivity contribution is 5.66. The number of aliphatic hydroxyl groups is 3. The third-order valence-electron chi connectivity index (χ3n) is 11.3. The van der Waals surface area contributed by atoms with Crippen molar-refractivity contribution in [1.29, 1.82) is 0 Å². The minimum absolute atomic E-state index is 0.0789. The minimum Gasteiger partial charge on any atom is -0.481 e. The predicted molar refractivity (Wildman–Crippen MR) is 140 cm³/mol. The Balaban J connectivity index is 1.89. The smallest absolute Gasteiger partial charge is 0.303 e. The van der Waals surface area contributed by atoms with Gasteiger partial charge in [-0.15, -0.1) is 0 Å². The molecular weight excluding hydrogens is 440 g/mol. The molecule has 3 aliphatic carbocycles. The fourth-order valence-electron chi connectivity index (χ4n) is 9.15. The lowest BCUT2D eigenvalue weighted by Crippen LogP contribution is -2.60. The van der Waals surface area contributed by atoms with E-state index in [0.29, 0.717) is 30.6 Å². The van der Waals surface area contributed by atoms with Crippen molar-refractivity contribution in [1.82, 2.24) is 0 Å². The van der Waals surface area contributed by atoms with Gasteiger partial charge < -0.3 is 20.4 Å². The number of aliphatic carboxylic acids is 1. The first-order chi connectivity index (χ1) is 16.0. The van der Waals surface area contributed by atoms with Crippen LogP contribution in [-0.4, -0.2) is 44.2 Å². The summed E-state index contributed by atoms with van der Waals surface area (Å²) in [7, 11) is 0. The van der Waals surface area contributed by atoms with Crippen molar-refractivity contribution in [2.75, 3.05) is 6.61 Å². The number of carboxylic acids is 1.